The number of amides is 3. The molecule has 2 aliphatic rings. The van der Waals surface area contributed by atoms with Crippen LogP contribution in [0.25, 0.3) is 0 Å². The van der Waals surface area contributed by atoms with Crippen LogP contribution in [0.1, 0.15) is 33.2 Å². The van der Waals surface area contributed by atoms with E-state index in [0.29, 0.717) is 30.6 Å². The van der Waals surface area contributed by atoms with E-state index >= 15 is 0 Å². The molecule has 1 atom stereocenters. The van der Waals surface area contributed by atoms with Gasteiger partial charge in [-0.3, -0.25) is 19.3 Å². The molecule has 1 saturated heterocycles. The first kappa shape index (κ1) is 19.3. The smallest absolute Gasteiger partial charge is 0.262 e. The van der Waals surface area contributed by atoms with Gasteiger partial charge in [0.2, 0.25) is 5.91 Å². The van der Waals surface area contributed by atoms with E-state index < -0.39 is 6.04 Å². The predicted octanol–water partition coefficient (Wildman–Crippen LogP) is 2.06. The molecule has 29 heavy (non-hydrogen) atoms. The Morgan fingerprint density at radius 2 is 1.41 bits per heavy atom. The number of likely N-dealkylation sites (N-methyl/N-ethyl adjacent to an activating group) is 1. The Morgan fingerprint density at radius 3 is 1.97 bits per heavy atom. The Kier molecular flexibility index (Phi) is 5.45. The molecule has 0 radical (unpaired) electrons. The summed E-state index contributed by atoms with van der Waals surface area (Å²) in [5, 5.41) is 0. The number of rotatable bonds is 5. The Labute approximate surface area is 170 Å². The lowest BCUT2D eigenvalue weighted by Crippen LogP contribution is -2.56. The molecule has 1 fully saturated rings. The lowest BCUT2D eigenvalue weighted by Gasteiger charge is -2.37. The van der Waals surface area contributed by atoms with Crippen LogP contribution in [0.4, 0.5) is 0 Å². The standard InChI is InChI=1S/C23H25N3O3/c1-2-24-12-14-25(15-13-24)23(29)20(16-17-8-4-3-5-9-17)26-21(27)18-10-6-7-11-19(18)22(26)28/h3-11,20H,2,12-16H2,1H3. The van der Waals surface area contributed by atoms with E-state index in [1.165, 1.54) is 4.90 Å². The number of carbonyl (C=O) groups is 3. The van der Waals surface area contributed by atoms with Gasteiger partial charge in [-0.1, -0.05) is 49.4 Å². The van der Waals surface area contributed by atoms with Gasteiger partial charge in [-0.25, -0.2) is 0 Å². The summed E-state index contributed by atoms with van der Waals surface area (Å²) in [5.74, 6) is -0.918. The number of hydrogen-bond donors (Lipinski definition) is 0. The minimum Gasteiger partial charge on any atom is -0.338 e. The van der Waals surface area contributed by atoms with Gasteiger partial charge in [0.05, 0.1) is 11.1 Å². The number of benzene rings is 2. The van der Waals surface area contributed by atoms with E-state index in [0.717, 1.165) is 25.2 Å². The highest BCUT2D eigenvalue weighted by molar-refractivity contribution is 6.22. The van der Waals surface area contributed by atoms with Crippen molar-refractivity contribution in [3.8, 4) is 0 Å². The van der Waals surface area contributed by atoms with Crippen LogP contribution < -0.4 is 0 Å². The van der Waals surface area contributed by atoms with Crippen LogP contribution in [0.2, 0.25) is 0 Å². The number of piperazine rings is 1. The largest absolute Gasteiger partial charge is 0.338 e. The van der Waals surface area contributed by atoms with Crippen molar-refractivity contribution in [2.24, 2.45) is 0 Å². The first-order chi connectivity index (χ1) is 14.1. The molecule has 150 valence electrons. The Hall–Kier alpha value is -2.99. The second-order valence-electron chi connectivity index (χ2n) is 7.49. The van der Waals surface area contributed by atoms with Gasteiger partial charge in [0.15, 0.2) is 0 Å². The zero-order chi connectivity index (χ0) is 20.4. The molecule has 4 rings (SSSR count). The maximum absolute atomic E-state index is 13.5. The Balaban J connectivity index is 1.64. The second kappa shape index (κ2) is 8.17. The molecule has 3 amide bonds. The average Bonchev–Trinajstić information content (AvgIpc) is 3.03. The van der Waals surface area contributed by atoms with Gasteiger partial charge in [0.25, 0.3) is 11.8 Å². The van der Waals surface area contributed by atoms with Crippen LogP contribution in [0, 0.1) is 0 Å². The highest BCUT2D eigenvalue weighted by atomic mass is 16.2. The molecule has 2 heterocycles. The molecule has 0 spiro atoms. The topological polar surface area (TPSA) is 60.9 Å². The lowest BCUT2D eigenvalue weighted by molar-refractivity contribution is -0.137. The number of hydrogen-bond acceptors (Lipinski definition) is 4. The monoisotopic (exact) mass is 391 g/mol. The normalized spacial score (nSPS) is 18.1. The molecule has 6 heteroatoms. The van der Waals surface area contributed by atoms with Gasteiger partial charge in [-0.05, 0) is 24.2 Å². The molecule has 2 aromatic carbocycles. The van der Waals surface area contributed by atoms with Crippen molar-refractivity contribution < 1.29 is 14.4 Å². The molecule has 6 nitrogen and oxygen atoms in total. The van der Waals surface area contributed by atoms with E-state index in [-0.39, 0.29) is 17.7 Å². The fourth-order valence-corrected chi connectivity index (χ4v) is 4.11. The predicted molar refractivity (Wildman–Crippen MR) is 110 cm³/mol. The summed E-state index contributed by atoms with van der Waals surface area (Å²) in [5.41, 5.74) is 1.67. The van der Waals surface area contributed by atoms with E-state index in [2.05, 4.69) is 11.8 Å². The molecular formula is C23H25N3O3. The summed E-state index contributed by atoms with van der Waals surface area (Å²) in [6, 6.07) is 15.5. The molecule has 0 bridgehead atoms. The molecular weight excluding hydrogens is 366 g/mol. The average molecular weight is 391 g/mol. The van der Waals surface area contributed by atoms with E-state index in [1.807, 2.05) is 30.3 Å². The third-order valence-corrected chi connectivity index (χ3v) is 5.83. The number of carbonyl (C=O) groups excluding carboxylic acids is 3. The highest BCUT2D eigenvalue weighted by Gasteiger charge is 2.44. The zero-order valence-electron chi connectivity index (χ0n) is 16.6. The minimum atomic E-state index is -0.835. The van der Waals surface area contributed by atoms with Crippen LogP contribution in [0.5, 0.6) is 0 Å². The van der Waals surface area contributed by atoms with Crippen LogP contribution in [-0.2, 0) is 11.2 Å². The van der Waals surface area contributed by atoms with Crippen molar-refractivity contribution in [2.75, 3.05) is 32.7 Å². The lowest BCUT2D eigenvalue weighted by atomic mass is 10.0. The molecule has 0 aromatic heterocycles. The van der Waals surface area contributed by atoms with Crippen molar-refractivity contribution in [3.05, 3.63) is 71.3 Å². The van der Waals surface area contributed by atoms with Gasteiger partial charge < -0.3 is 9.80 Å². The summed E-state index contributed by atoms with van der Waals surface area (Å²) in [6.07, 6.45) is 0.319. The fourth-order valence-electron chi connectivity index (χ4n) is 4.11. The van der Waals surface area contributed by atoms with Crippen LogP contribution in [0.15, 0.2) is 54.6 Å². The number of nitrogens with zero attached hydrogens (tertiary/aromatic N) is 3. The highest BCUT2D eigenvalue weighted by Crippen LogP contribution is 2.27. The summed E-state index contributed by atoms with van der Waals surface area (Å²) in [7, 11) is 0. The molecule has 0 aliphatic carbocycles. The van der Waals surface area contributed by atoms with Gasteiger partial charge in [-0.2, -0.15) is 0 Å². The van der Waals surface area contributed by atoms with Gasteiger partial charge in [0, 0.05) is 32.6 Å². The van der Waals surface area contributed by atoms with Crippen molar-refractivity contribution >= 4 is 17.7 Å². The maximum atomic E-state index is 13.5. The molecule has 0 saturated carbocycles. The van der Waals surface area contributed by atoms with Gasteiger partial charge in [0.1, 0.15) is 6.04 Å². The molecule has 2 aliphatic heterocycles. The fraction of sp³-hybridized carbons (Fsp3) is 0.348. The Morgan fingerprint density at radius 1 is 0.862 bits per heavy atom. The Bertz CT molecular complexity index is 885. The van der Waals surface area contributed by atoms with E-state index in [9.17, 15) is 14.4 Å². The molecule has 1 unspecified atom stereocenters. The third kappa shape index (κ3) is 3.68. The van der Waals surface area contributed by atoms with Crippen molar-refractivity contribution in [1.29, 1.82) is 0 Å². The second-order valence-corrected chi connectivity index (χ2v) is 7.49. The van der Waals surface area contributed by atoms with Crippen LogP contribution >= 0.6 is 0 Å². The van der Waals surface area contributed by atoms with E-state index in [1.54, 1.807) is 29.2 Å². The third-order valence-electron chi connectivity index (χ3n) is 5.83. The summed E-state index contributed by atoms with van der Waals surface area (Å²) in [6.45, 7) is 5.90. The molecule has 2 aromatic rings. The minimum absolute atomic E-state index is 0.154. The number of fused-ring (bicyclic) bond motifs is 1. The van der Waals surface area contributed by atoms with E-state index in [4.69, 9.17) is 0 Å². The number of imide groups is 1. The summed E-state index contributed by atoms with van der Waals surface area (Å²) in [4.78, 5) is 44.8. The van der Waals surface area contributed by atoms with Crippen LogP contribution in [0.3, 0.4) is 0 Å². The maximum Gasteiger partial charge on any atom is 0.262 e. The summed E-state index contributed by atoms with van der Waals surface area (Å²) < 4.78 is 0. The van der Waals surface area contributed by atoms with Crippen molar-refractivity contribution in [3.63, 3.8) is 0 Å². The first-order valence-electron chi connectivity index (χ1n) is 10.1. The molecule has 0 N–H and O–H groups in total. The zero-order valence-corrected chi connectivity index (χ0v) is 16.6. The summed E-state index contributed by atoms with van der Waals surface area (Å²) >= 11 is 0. The SMILES string of the molecule is CCN1CCN(C(=O)C(Cc2ccccc2)N2C(=O)c3ccccc3C2=O)CC1. The van der Waals surface area contributed by atoms with Crippen molar-refractivity contribution in [1.82, 2.24) is 14.7 Å². The first-order valence-corrected chi connectivity index (χ1v) is 10.1. The van der Waals surface area contributed by atoms with Gasteiger partial charge in [-0.15, -0.1) is 0 Å². The quantitative estimate of drug-likeness (QED) is 0.732. The van der Waals surface area contributed by atoms with Crippen molar-refractivity contribution in [2.45, 2.75) is 19.4 Å². The van der Waals surface area contributed by atoms with Gasteiger partial charge >= 0.3 is 0 Å². The van der Waals surface area contributed by atoms with Crippen LogP contribution in [-0.4, -0.2) is 71.2 Å².